The lowest BCUT2D eigenvalue weighted by atomic mass is 10.2. The minimum Gasteiger partial charge on any atom is -0.465 e. The van der Waals surface area contributed by atoms with E-state index >= 15 is 0 Å². The average Bonchev–Trinajstić information content (AvgIpc) is 2.46. The largest absolute Gasteiger partial charge is 0.465 e. The van der Waals surface area contributed by atoms with E-state index in [0.717, 1.165) is 0 Å². The minimum absolute atomic E-state index is 0.0655. The van der Waals surface area contributed by atoms with Crippen LogP contribution in [0.5, 0.6) is 0 Å². The zero-order chi connectivity index (χ0) is 16.5. The lowest BCUT2D eigenvalue weighted by Crippen LogP contribution is -2.11. The van der Waals surface area contributed by atoms with Gasteiger partial charge in [-0.05, 0) is 18.4 Å². The predicted octanol–water partition coefficient (Wildman–Crippen LogP) is 4.41. The molecule has 0 N–H and O–H groups in total. The molecule has 0 saturated heterocycles. The van der Waals surface area contributed by atoms with Gasteiger partial charge in [0.25, 0.3) is 0 Å². The minimum atomic E-state index is -0.382. The van der Waals surface area contributed by atoms with Gasteiger partial charge < -0.3 is 9.47 Å². The summed E-state index contributed by atoms with van der Waals surface area (Å²) in [6.07, 6.45) is 0.772. The first-order chi connectivity index (χ1) is 10.4. The highest BCUT2D eigenvalue weighted by Crippen LogP contribution is 2.26. The molecule has 0 aliphatic heterocycles. The van der Waals surface area contributed by atoms with Crippen LogP contribution in [0.15, 0.2) is 18.2 Å². The molecule has 122 valence electrons. The Kier molecular flexibility index (Phi) is 8.28. The summed E-state index contributed by atoms with van der Waals surface area (Å²) in [4.78, 5) is 23.0. The fourth-order valence-corrected chi connectivity index (χ4v) is 1.97. The average molecular weight is 347 g/mol. The van der Waals surface area contributed by atoms with Gasteiger partial charge in [0.05, 0.1) is 16.7 Å². The summed E-state index contributed by atoms with van der Waals surface area (Å²) in [5.41, 5.74) is 0.652. The molecule has 0 amide bonds. The summed E-state index contributed by atoms with van der Waals surface area (Å²) in [6, 6.07) is 5.14. The molecular formula is C16H20Cl2O4. The van der Waals surface area contributed by atoms with Crippen LogP contribution in [0.1, 0.15) is 38.7 Å². The first kappa shape index (κ1) is 18.8. The van der Waals surface area contributed by atoms with Gasteiger partial charge >= 0.3 is 11.9 Å². The van der Waals surface area contributed by atoms with E-state index < -0.39 is 0 Å². The summed E-state index contributed by atoms with van der Waals surface area (Å²) in [5, 5.41) is 0.803. The van der Waals surface area contributed by atoms with Gasteiger partial charge in [-0.15, -0.1) is 0 Å². The Morgan fingerprint density at radius 3 is 2.36 bits per heavy atom. The molecule has 6 heteroatoms. The van der Waals surface area contributed by atoms with Crippen LogP contribution in [0.4, 0.5) is 0 Å². The molecule has 0 aliphatic rings. The summed E-state index contributed by atoms with van der Waals surface area (Å²) in [6.45, 7) is 4.39. The molecule has 0 saturated carbocycles. The number of hydrogen-bond donors (Lipinski definition) is 0. The molecule has 1 rings (SSSR count). The van der Waals surface area contributed by atoms with Crippen molar-refractivity contribution in [2.24, 2.45) is 5.92 Å². The Balaban J connectivity index is 2.24. The van der Waals surface area contributed by atoms with Crippen molar-refractivity contribution >= 4 is 35.1 Å². The first-order valence-electron chi connectivity index (χ1n) is 7.14. The molecule has 22 heavy (non-hydrogen) atoms. The third-order valence-electron chi connectivity index (χ3n) is 2.76. The number of benzene rings is 1. The van der Waals surface area contributed by atoms with Gasteiger partial charge in [0.1, 0.15) is 6.61 Å². The van der Waals surface area contributed by atoms with E-state index in [1.165, 1.54) is 0 Å². The molecule has 0 atom stereocenters. The van der Waals surface area contributed by atoms with Crippen LogP contribution in [0, 0.1) is 5.92 Å². The Labute approximate surface area is 140 Å². The van der Waals surface area contributed by atoms with Gasteiger partial charge in [0, 0.05) is 18.4 Å². The molecule has 0 aromatic heterocycles. The predicted molar refractivity (Wildman–Crippen MR) is 85.9 cm³/mol. The fourth-order valence-electron chi connectivity index (χ4n) is 1.60. The van der Waals surface area contributed by atoms with Crippen molar-refractivity contribution in [2.45, 2.75) is 39.7 Å². The van der Waals surface area contributed by atoms with E-state index in [1.807, 2.05) is 13.8 Å². The maximum Gasteiger partial charge on any atom is 0.306 e. The Morgan fingerprint density at radius 2 is 1.73 bits per heavy atom. The molecule has 0 aliphatic carbocycles. The van der Waals surface area contributed by atoms with E-state index in [1.54, 1.807) is 18.2 Å². The molecule has 0 bridgehead atoms. The number of hydrogen-bond acceptors (Lipinski definition) is 4. The summed E-state index contributed by atoms with van der Waals surface area (Å²) < 4.78 is 10.1. The lowest BCUT2D eigenvalue weighted by Gasteiger charge is -2.08. The summed E-state index contributed by atoms with van der Waals surface area (Å²) in [5.74, 6) is -0.372. The highest BCUT2D eigenvalue weighted by atomic mass is 35.5. The Hall–Kier alpha value is -1.26. The third kappa shape index (κ3) is 7.14. The van der Waals surface area contributed by atoms with Gasteiger partial charge in [-0.25, -0.2) is 0 Å². The molecule has 0 unspecified atom stereocenters. The molecule has 0 heterocycles. The Bertz CT molecular complexity index is 515. The normalized spacial score (nSPS) is 10.6. The zero-order valence-electron chi connectivity index (χ0n) is 12.7. The van der Waals surface area contributed by atoms with Crippen molar-refractivity contribution < 1.29 is 19.1 Å². The van der Waals surface area contributed by atoms with Gasteiger partial charge in [0.2, 0.25) is 0 Å². The smallest absolute Gasteiger partial charge is 0.306 e. The van der Waals surface area contributed by atoms with Crippen molar-refractivity contribution in [3.8, 4) is 0 Å². The van der Waals surface area contributed by atoms with Gasteiger partial charge in [0.15, 0.2) is 0 Å². The van der Waals surface area contributed by atoms with Crippen LogP contribution in [0.2, 0.25) is 10.0 Å². The number of carbonyl (C=O) groups is 2. The van der Waals surface area contributed by atoms with Crippen LogP contribution >= 0.6 is 23.2 Å². The monoisotopic (exact) mass is 346 g/mol. The maximum atomic E-state index is 11.6. The quantitative estimate of drug-likeness (QED) is 0.654. The number of rotatable bonds is 8. The molecule has 0 spiro atoms. The van der Waals surface area contributed by atoms with Gasteiger partial charge in [-0.2, -0.15) is 0 Å². The second-order valence-corrected chi connectivity index (χ2v) is 6.09. The van der Waals surface area contributed by atoms with Crippen LogP contribution in [-0.4, -0.2) is 18.5 Å². The van der Waals surface area contributed by atoms with Gasteiger partial charge in [-0.1, -0.05) is 49.2 Å². The molecule has 4 nitrogen and oxygen atoms in total. The fraction of sp³-hybridized carbons (Fsp3) is 0.500. The number of carbonyl (C=O) groups excluding carboxylic acids is 2. The lowest BCUT2D eigenvalue weighted by molar-refractivity contribution is -0.146. The van der Waals surface area contributed by atoms with Crippen LogP contribution in [0.25, 0.3) is 0 Å². The summed E-state index contributed by atoms with van der Waals surface area (Å²) >= 11 is 11.9. The van der Waals surface area contributed by atoms with E-state index in [4.69, 9.17) is 32.7 Å². The van der Waals surface area contributed by atoms with Crippen LogP contribution < -0.4 is 0 Å². The second kappa shape index (κ2) is 9.70. The molecule has 0 fully saturated rings. The van der Waals surface area contributed by atoms with Crippen molar-refractivity contribution in [2.75, 3.05) is 6.61 Å². The molecule has 1 aromatic carbocycles. The Morgan fingerprint density at radius 1 is 1.09 bits per heavy atom. The zero-order valence-corrected chi connectivity index (χ0v) is 14.2. The molecule has 1 aromatic rings. The van der Waals surface area contributed by atoms with Crippen molar-refractivity contribution in [3.05, 3.63) is 33.8 Å². The highest BCUT2D eigenvalue weighted by Gasteiger charge is 2.10. The van der Waals surface area contributed by atoms with Gasteiger partial charge in [-0.3, -0.25) is 9.59 Å². The SMILES string of the molecule is CC(C)COC(=O)CCCC(=O)OCc1cccc(Cl)c1Cl. The van der Waals surface area contributed by atoms with Crippen molar-refractivity contribution in [1.82, 2.24) is 0 Å². The molecular weight excluding hydrogens is 327 g/mol. The molecule has 0 radical (unpaired) electrons. The van der Waals surface area contributed by atoms with E-state index in [9.17, 15) is 9.59 Å². The second-order valence-electron chi connectivity index (χ2n) is 5.30. The van der Waals surface area contributed by atoms with E-state index in [-0.39, 0.29) is 31.4 Å². The van der Waals surface area contributed by atoms with Crippen molar-refractivity contribution in [1.29, 1.82) is 0 Å². The number of esters is 2. The van der Waals surface area contributed by atoms with Crippen molar-refractivity contribution in [3.63, 3.8) is 0 Å². The topological polar surface area (TPSA) is 52.6 Å². The first-order valence-corrected chi connectivity index (χ1v) is 7.90. The third-order valence-corrected chi connectivity index (χ3v) is 3.62. The highest BCUT2D eigenvalue weighted by molar-refractivity contribution is 6.42. The maximum absolute atomic E-state index is 11.6. The van der Waals surface area contributed by atoms with E-state index in [0.29, 0.717) is 34.6 Å². The van der Waals surface area contributed by atoms with Crippen LogP contribution in [0.3, 0.4) is 0 Å². The van der Waals surface area contributed by atoms with E-state index in [2.05, 4.69) is 0 Å². The van der Waals surface area contributed by atoms with Crippen LogP contribution in [-0.2, 0) is 25.7 Å². The standard InChI is InChI=1S/C16H20Cl2O4/c1-11(2)9-21-14(19)7-4-8-15(20)22-10-12-5-3-6-13(17)16(12)18/h3,5-6,11H,4,7-10H2,1-2H3. The number of halogens is 2. The summed E-state index contributed by atoms with van der Waals surface area (Å²) in [7, 11) is 0. The number of ether oxygens (including phenoxy) is 2.